The molecule has 180 valence electrons. The van der Waals surface area contributed by atoms with Crippen molar-refractivity contribution >= 4 is 17.7 Å². The molecule has 0 aromatic carbocycles. The summed E-state index contributed by atoms with van der Waals surface area (Å²) in [6.45, 7) is 6.36. The van der Waals surface area contributed by atoms with Gasteiger partial charge in [-0.3, -0.25) is 14.4 Å². The van der Waals surface area contributed by atoms with Crippen LogP contribution in [0.15, 0.2) is 0 Å². The lowest BCUT2D eigenvalue weighted by Crippen LogP contribution is -2.58. The van der Waals surface area contributed by atoms with Gasteiger partial charge in [0, 0.05) is 6.54 Å². The van der Waals surface area contributed by atoms with Gasteiger partial charge in [0.25, 0.3) is 0 Å². The lowest BCUT2D eigenvalue weighted by molar-refractivity contribution is -0.142. The Morgan fingerprint density at radius 2 is 1.81 bits per heavy atom. The molecule has 8 heteroatoms. The highest BCUT2D eigenvalue weighted by molar-refractivity contribution is 5.91. The molecule has 1 heterocycles. The Morgan fingerprint density at radius 3 is 2.25 bits per heavy atom. The molecule has 0 radical (unpaired) electrons. The van der Waals surface area contributed by atoms with E-state index in [-0.39, 0.29) is 22.6 Å². The first kappa shape index (κ1) is 23.5. The van der Waals surface area contributed by atoms with Crippen molar-refractivity contribution in [3.05, 3.63) is 0 Å². The van der Waals surface area contributed by atoms with Crippen LogP contribution in [0.4, 0.5) is 0 Å². The number of carbonyl (C=O) groups excluding carboxylic acids is 3. The standard InChI is InChI=1S/C24H40N4O4/c1-22(2,3)18(25)21(32)28-13-24(12-23(24)8-5-9-23)11-16(28)20(31)27-15(17(29)19(26)30)10-14-6-4-7-14/h14-18,29H,4-13,25H2,1-3H3,(H2,26,30)(H,27,31)/t15?,16-,17?,18+,24-/m0/s1. The minimum Gasteiger partial charge on any atom is -0.381 e. The van der Waals surface area contributed by atoms with Gasteiger partial charge < -0.3 is 26.8 Å². The molecule has 2 unspecified atom stereocenters. The fourth-order valence-corrected chi connectivity index (χ4v) is 6.25. The van der Waals surface area contributed by atoms with Crippen molar-refractivity contribution in [2.75, 3.05) is 6.54 Å². The van der Waals surface area contributed by atoms with Crippen LogP contribution in [-0.4, -0.2) is 58.5 Å². The van der Waals surface area contributed by atoms with Crippen LogP contribution in [0.1, 0.15) is 78.6 Å². The summed E-state index contributed by atoms with van der Waals surface area (Å²) in [7, 11) is 0. The number of carbonyl (C=O) groups is 3. The Labute approximate surface area is 190 Å². The third-order valence-corrected chi connectivity index (χ3v) is 9.02. The van der Waals surface area contributed by atoms with Crippen LogP contribution in [-0.2, 0) is 14.4 Å². The summed E-state index contributed by atoms with van der Waals surface area (Å²) in [5.74, 6) is -0.960. The van der Waals surface area contributed by atoms with Gasteiger partial charge in [-0.05, 0) is 54.3 Å². The summed E-state index contributed by atoms with van der Waals surface area (Å²) >= 11 is 0. The van der Waals surface area contributed by atoms with Crippen LogP contribution in [0.25, 0.3) is 0 Å². The molecule has 4 rings (SSSR count). The number of primary amides is 1. The average Bonchev–Trinajstić information content (AvgIpc) is 3.16. The van der Waals surface area contributed by atoms with E-state index in [2.05, 4.69) is 5.32 Å². The van der Waals surface area contributed by atoms with E-state index in [1.165, 1.54) is 19.3 Å². The van der Waals surface area contributed by atoms with E-state index in [0.717, 1.165) is 25.7 Å². The number of aliphatic hydroxyl groups excluding tert-OH is 1. The van der Waals surface area contributed by atoms with Crippen LogP contribution in [0.2, 0.25) is 0 Å². The topological polar surface area (TPSA) is 139 Å². The Kier molecular flexibility index (Phi) is 5.85. The number of nitrogens with zero attached hydrogens (tertiary/aromatic N) is 1. The number of amides is 3. The monoisotopic (exact) mass is 448 g/mol. The van der Waals surface area contributed by atoms with Crippen LogP contribution in [0, 0.1) is 22.2 Å². The van der Waals surface area contributed by atoms with Gasteiger partial charge in [0.2, 0.25) is 17.7 Å². The van der Waals surface area contributed by atoms with Gasteiger partial charge in [0.15, 0.2) is 6.10 Å². The first-order chi connectivity index (χ1) is 14.9. The maximum atomic E-state index is 13.5. The summed E-state index contributed by atoms with van der Waals surface area (Å²) in [6, 6.07) is -2.06. The second kappa shape index (κ2) is 7.97. The van der Waals surface area contributed by atoms with Crippen molar-refractivity contribution in [2.24, 2.45) is 33.6 Å². The molecule has 4 fully saturated rings. The van der Waals surface area contributed by atoms with Gasteiger partial charge in [-0.25, -0.2) is 0 Å². The van der Waals surface area contributed by atoms with Crippen LogP contribution >= 0.6 is 0 Å². The van der Waals surface area contributed by atoms with Crippen molar-refractivity contribution < 1.29 is 19.5 Å². The number of nitrogens with two attached hydrogens (primary N) is 2. The normalized spacial score (nSPS) is 31.5. The molecule has 2 spiro atoms. The smallest absolute Gasteiger partial charge is 0.248 e. The van der Waals surface area contributed by atoms with Gasteiger partial charge in [-0.1, -0.05) is 46.5 Å². The summed E-state index contributed by atoms with van der Waals surface area (Å²) in [4.78, 5) is 40.3. The minimum absolute atomic E-state index is 0.00624. The zero-order chi connectivity index (χ0) is 23.5. The lowest BCUT2D eigenvalue weighted by atomic mass is 9.74. The molecule has 32 heavy (non-hydrogen) atoms. The molecule has 8 nitrogen and oxygen atoms in total. The van der Waals surface area contributed by atoms with Crippen molar-refractivity contribution in [1.29, 1.82) is 0 Å². The van der Waals surface area contributed by atoms with Crippen molar-refractivity contribution in [3.8, 4) is 0 Å². The number of hydrogen-bond acceptors (Lipinski definition) is 5. The molecule has 3 saturated carbocycles. The van der Waals surface area contributed by atoms with E-state index >= 15 is 0 Å². The summed E-state index contributed by atoms with van der Waals surface area (Å²) < 4.78 is 0. The SMILES string of the molecule is CC(C)(C)[C@H](N)C(=O)N1C[C@]2(C[C@H]1C(=O)NC(CC1CCC1)C(O)C(N)=O)CC21CCC1. The Hall–Kier alpha value is -1.67. The number of nitrogens with one attached hydrogen (secondary N) is 1. The van der Waals surface area contributed by atoms with Crippen molar-refractivity contribution in [2.45, 2.75) is 103 Å². The van der Waals surface area contributed by atoms with E-state index in [1.54, 1.807) is 4.90 Å². The highest BCUT2D eigenvalue weighted by Gasteiger charge is 2.73. The highest BCUT2D eigenvalue weighted by atomic mass is 16.3. The largest absolute Gasteiger partial charge is 0.381 e. The predicted octanol–water partition coefficient (Wildman–Crippen LogP) is 1.04. The predicted molar refractivity (Wildman–Crippen MR) is 120 cm³/mol. The van der Waals surface area contributed by atoms with Crippen LogP contribution in [0.5, 0.6) is 0 Å². The highest BCUT2D eigenvalue weighted by Crippen LogP contribution is 2.77. The van der Waals surface area contributed by atoms with E-state index in [4.69, 9.17) is 11.5 Å². The fraction of sp³-hybridized carbons (Fsp3) is 0.875. The van der Waals surface area contributed by atoms with Gasteiger partial charge in [0.05, 0.1) is 12.1 Å². The first-order valence-electron chi connectivity index (χ1n) is 12.2. The zero-order valence-electron chi connectivity index (χ0n) is 19.7. The maximum absolute atomic E-state index is 13.5. The molecular weight excluding hydrogens is 408 g/mol. The molecule has 6 N–H and O–H groups in total. The van der Waals surface area contributed by atoms with Crippen molar-refractivity contribution in [1.82, 2.24) is 10.2 Å². The molecule has 1 aliphatic heterocycles. The first-order valence-corrected chi connectivity index (χ1v) is 12.2. The second-order valence-corrected chi connectivity index (χ2v) is 12.1. The third kappa shape index (κ3) is 3.94. The van der Waals surface area contributed by atoms with Crippen LogP contribution < -0.4 is 16.8 Å². The minimum atomic E-state index is -1.44. The molecule has 0 aromatic rings. The average molecular weight is 449 g/mol. The molecule has 1 saturated heterocycles. The van der Waals surface area contributed by atoms with E-state index < -0.39 is 35.6 Å². The molecule has 4 aliphatic rings. The Bertz CT molecular complexity index is 785. The number of fused-ring (bicyclic) bond motifs is 1. The van der Waals surface area contributed by atoms with Gasteiger partial charge >= 0.3 is 0 Å². The number of aliphatic hydroxyl groups is 1. The van der Waals surface area contributed by atoms with Crippen LogP contribution in [0.3, 0.4) is 0 Å². The molecule has 3 amide bonds. The third-order valence-electron chi connectivity index (χ3n) is 9.02. The number of rotatable bonds is 7. The van der Waals surface area contributed by atoms with Crippen molar-refractivity contribution in [3.63, 3.8) is 0 Å². The number of hydrogen-bond donors (Lipinski definition) is 4. The van der Waals surface area contributed by atoms with Gasteiger partial charge in [-0.15, -0.1) is 0 Å². The van der Waals surface area contributed by atoms with E-state index in [9.17, 15) is 19.5 Å². The van der Waals surface area contributed by atoms with Gasteiger partial charge in [-0.2, -0.15) is 0 Å². The Morgan fingerprint density at radius 1 is 1.16 bits per heavy atom. The quantitative estimate of drug-likeness (QED) is 0.461. The lowest BCUT2D eigenvalue weighted by Gasteiger charge is -2.35. The molecule has 0 bridgehead atoms. The van der Waals surface area contributed by atoms with Gasteiger partial charge in [0.1, 0.15) is 6.04 Å². The fourth-order valence-electron chi connectivity index (χ4n) is 6.25. The van der Waals surface area contributed by atoms with E-state index in [0.29, 0.717) is 25.3 Å². The summed E-state index contributed by atoms with van der Waals surface area (Å²) in [5.41, 5.74) is 11.5. The van der Waals surface area contributed by atoms with E-state index in [1.807, 2.05) is 20.8 Å². The summed E-state index contributed by atoms with van der Waals surface area (Å²) in [5, 5.41) is 13.3. The maximum Gasteiger partial charge on any atom is 0.248 e. The molecule has 5 atom stereocenters. The Balaban J connectivity index is 1.53. The zero-order valence-corrected chi connectivity index (χ0v) is 19.7. The molecule has 3 aliphatic carbocycles. The summed E-state index contributed by atoms with van der Waals surface area (Å²) in [6.07, 6.45) is 7.50. The molecule has 0 aromatic heterocycles. The second-order valence-electron chi connectivity index (χ2n) is 12.1. The number of likely N-dealkylation sites (tertiary alicyclic amines) is 1. The molecular formula is C24H40N4O4.